The van der Waals surface area contributed by atoms with E-state index in [9.17, 15) is 8.42 Å². The number of hydrogen-bond donors (Lipinski definition) is 1. The lowest BCUT2D eigenvalue weighted by atomic mass is 10.00. The van der Waals surface area contributed by atoms with Gasteiger partial charge in [0, 0.05) is 24.5 Å². The van der Waals surface area contributed by atoms with E-state index in [4.69, 9.17) is 0 Å². The predicted octanol–water partition coefficient (Wildman–Crippen LogP) is 4.03. The third-order valence-corrected chi connectivity index (χ3v) is 6.07. The zero-order chi connectivity index (χ0) is 17.2. The molecule has 0 amide bonds. The van der Waals surface area contributed by atoms with Crippen molar-refractivity contribution in [3.8, 4) is 0 Å². The minimum Gasteiger partial charge on any atom is -0.371 e. The molecule has 0 bridgehead atoms. The number of nitrogens with zero attached hydrogens (tertiary/aromatic N) is 1. The molecule has 2 aromatic carbocycles. The van der Waals surface area contributed by atoms with Crippen LogP contribution in [-0.2, 0) is 10.0 Å². The van der Waals surface area contributed by atoms with E-state index in [1.165, 1.54) is 12.8 Å². The summed E-state index contributed by atoms with van der Waals surface area (Å²) in [5.41, 5.74) is 2.48. The maximum atomic E-state index is 12.5. The molecular formula is C19H24N2O2S. The molecule has 1 fully saturated rings. The smallest absolute Gasteiger partial charge is 0.262 e. The fourth-order valence-corrected chi connectivity index (χ4v) is 4.54. The normalized spacial score (nSPS) is 18.4. The molecule has 1 aliphatic heterocycles. The van der Waals surface area contributed by atoms with Gasteiger partial charge in [-0.05, 0) is 61.6 Å². The van der Waals surface area contributed by atoms with Crippen molar-refractivity contribution in [2.45, 2.75) is 31.6 Å². The van der Waals surface area contributed by atoms with Gasteiger partial charge in [-0.15, -0.1) is 0 Å². The lowest BCUT2D eigenvalue weighted by Crippen LogP contribution is -2.34. The number of sulfonamides is 1. The number of rotatable bonds is 4. The molecular weight excluding hydrogens is 320 g/mol. The third kappa shape index (κ3) is 3.73. The van der Waals surface area contributed by atoms with Gasteiger partial charge >= 0.3 is 0 Å². The summed E-state index contributed by atoms with van der Waals surface area (Å²) >= 11 is 0. The highest BCUT2D eigenvalue weighted by Gasteiger charge is 2.18. The van der Waals surface area contributed by atoms with Crippen LogP contribution in [0.4, 0.5) is 11.4 Å². The van der Waals surface area contributed by atoms with E-state index in [0.717, 1.165) is 24.3 Å². The Morgan fingerprint density at radius 2 is 1.79 bits per heavy atom. The standard InChI is InChI=1S/C19H24N2O2S/c1-15-6-5-13-21(14-15)18-11-9-17(10-12-18)20-24(22,23)19-8-4-3-7-16(19)2/h3-4,7-12,15,20H,5-6,13-14H2,1-2H3. The van der Waals surface area contributed by atoms with Crippen molar-refractivity contribution in [1.29, 1.82) is 0 Å². The quantitative estimate of drug-likeness (QED) is 0.911. The van der Waals surface area contributed by atoms with E-state index in [1.807, 2.05) is 30.3 Å². The van der Waals surface area contributed by atoms with Gasteiger partial charge in [-0.25, -0.2) is 8.42 Å². The van der Waals surface area contributed by atoms with Crippen LogP contribution < -0.4 is 9.62 Å². The SMILES string of the molecule is Cc1ccccc1S(=O)(=O)Nc1ccc(N2CCCC(C)C2)cc1. The second-order valence-electron chi connectivity index (χ2n) is 6.61. The first-order valence-corrected chi connectivity index (χ1v) is 9.87. The van der Waals surface area contributed by atoms with Gasteiger partial charge in [-0.3, -0.25) is 4.72 Å². The van der Waals surface area contributed by atoms with Gasteiger partial charge in [0.1, 0.15) is 0 Å². The van der Waals surface area contributed by atoms with Crippen LogP contribution in [0.3, 0.4) is 0 Å². The average molecular weight is 344 g/mol. The van der Waals surface area contributed by atoms with Crippen LogP contribution in [0.2, 0.25) is 0 Å². The Hall–Kier alpha value is -2.01. The number of benzene rings is 2. The van der Waals surface area contributed by atoms with E-state index in [2.05, 4.69) is 16.5 Å². The first kappa shape index (κ1) is 16.8. The van der Waals surface area contributed by atoms with E-state index in [1.54, 1.807) is 25.1 Å². The lowest BCUT2D eigenvalue weighted by molar-refractivity contribution is 0.447. The minimum absolute atomic E-state index is 0.318. The third-order valence-electron chi connectivity index (χ3n) is 4.52. The van der Waals surface area contributed by atoms with Crippen LogP contribution in [0.25, 0.3) is 0 Å². The highest BCUT2D eigenvalue weighted by atomic mass is 32.2. The first-order valence-electron chi connectivity index (χ1n) is 8.39. The monoisotopic (exact) mass is 344 g/mol. The summed E-state index contributed by atoms with van der Waals surface area (Å²) < 4.78 is 27.7. The van der Waals surface area contributed by atoms with Crippen LogP contribution in [-0.4, -0.2) is 21.5 Å². The van der Waals surface area contributed by atoms with Crippen molar-refractivity contribution in [2.75, 3.05) is 22.7 Å². The van der Waals surface area contributed by atoms with E-state index < -0.39 is 10.0 Å². The molecule has 3 rings (SSSR count). The topological polar surface area (TPSA) is 49.4 Å². The average Bonchev–Trinajstić information content (AvgIpc) is 2.55. The summed E-state index contributed by atoms with van der Waals surface area (Å²) in [5.74, 6) is 0.706. The largest absolute Gasteiger partial charge is 0.371 e. The molecule has 5 heteroatoms. The van der Waals surface area contributed by atoms with Crippen molar-refractivity contribution in [3.05, 3.63) is 54.1 Å². The van der Waals surface area contributed by atoms with E-state index >= 15 is 0 Å². The van der Waals surface area contributed by atoms with Crippen molar-refractivity contribution in [1.82, 2.24) is 0 Å². The Labute approximate surface area is 144 Å². The highest BCUT2D eigenvalue weighted by Crippen LogP contribution is 2.25. The molecule has 0 spiro atoms. The minimum atomic E-state index is -3.55. The molecule has 1 heterocycles. The Morgan fingerprint density at radius 3 is 2.46 bits per heavy atom. The van der Waals surface area contributed by atoms with Crippen LogP contribution in [0.5, 0.6) is 0 Å². The maximum Gasteiger partial charge on any atom is 0.262 e. The lowest BCUT2D eigenvalue weighted by Gasteiger charge is -2.32. The predicted molar refractivity (Wildman–Crippen MR) is 99.0 cm³/mol. The van der Waals surface area contributed by atoms with Gasteiger partial charge < -0.3 is 4.90 Å². The zero-order valence-corrected chi connectivity index (χ0v) is 15.0. The van der Waals surface area contributed by atoms with E-state index in [-0.39, 0.29) is 0 Å². The van der Waals surface area contributed by atoms with Crippen LogP contribution >= 0.6 is 0 Å². The maximum absolute atomic E-state index is 12.5. The van der Waals surface area contributed by atoms with Crippen LogP contribution in [0.1, 0.15) is 25.3 Å². The molecule has 24 heavy (non-hydrogen) atoms. The Morgan fingerprint density at radius 1 is 1.08 bits per heavy atom. The number of piperidine rings is 1. The molecule has 0 saturated carbocycles. The van der Waals surface area contributed by atoms with E-state index in [0.29, 0.717) is 16.5 Å². The summed E-state index contributed by atoms with van der Waals surface area (Å²) in [5, 5.41) is 0. The molecule has 0 aliphatic carbocycles. The van der Waals surface area contributed by atoms with Crippen LogP contribution in [0, 0.1) is 12.8 Å². The second-order valence-corrected chi connectivity index (χ2v) is 8.26. The van der Waals surface area contributed by atoms with Crippen molar-refractivity contribution in [2.24, 2.45) is 5.92 Å². The van der Waals surface area contributed by atoms with Gasteiger partial charge in [0.05, 0.1) is 4.90 Å². The van der Waals surface area contributed by atoms with Gasteiger partial charge in [-0.2, -0.15) is 0 Å². The van der Waals surface area contributed by atoms with Gasteiger partial charge in [-0.1, -0.05) is 25.1 Å². The van der Waals surface area contributed by atoms with Crippen molar-refractivity contribution in [3.63, 3.8) is 0 Å². The van der Waals surface area contributed by atoms with Gasteiger partial charge in [0.2, 0.25) is 0 Å². The summed E-state index contributed by atoms with van der Waals surface area (Å²) in [7, 11) is -3.55. The molecule has 1 atom stereocenters. The Balaban J connectivity index is 1.75. The van der Waals surface area contributed by atoms with Crippen molar-refractivity contribution < 1.29 is 8.42 Å². The van der Waals surface area contributed by atoms with Gasteiger partial charge in [0.25, 0.3) is 10.0 Å². The fraction of sp³-hybridized carbons (Fsp3) is 0.368. The molecule has 1 N–H and O–H groups in total. The molecule has 128 valence electrons. The summed E-state index contributed by atoms with van der Waals surface area (Å²) in [6, 6.07) is 14.7. The Bertz CT molecular complexity index is 800. The summed E-state index contributed by atoms with van der Waals surface area (Å²) in [4.78, 5) is 2.69. The Kier molecular flexibility index (Phi) is 4.81. The summed E-state index contributed by atoms with van der Waals surface area (Å²) in [6.45, 7) is 6.21. The molecule has 2 aromatic rings. The summed E-state index contributed by atoms with van der Waals surface area (Å²) in [6.07, 6.45) is 2.49. The number of anilines is 2. The number of hydrogen-bond acceptors (Lipinski definition) is 3. The highest BCUT2D eigenvalue weighted by molar-refractivity contribution is 7.92. The fourth-order valence-electron chi connectivity index (χ4n) is 3.23. The zero-order valence-electron chi connectivity index (χ0n) is 14.2. The van der Waals surface area contributed by atoms with Gasteiger partial charge in [0.15, 0.2) is 0 Å². The van der Waals surface area contributed by atoms with Crippen LogP contribution in [0.15, 0.2) is 53.4 Å². The second kappa shape index (κ2) is 6.85. The van der Waals surface area contributed by atoms with Crippen molar-refractivity contribution >= 4 is 21.4 Å². The molecule has 0 radical (unpaired) electrons. The first-order chi connectivity index (χ1) is 11.5. The molecule has 1 saturated heterocycles. The number of aryl methyl sites for hydroxylation is 1. The molecule has 1 aliphatic rings. The number of nitrogens with one attached hydrogen (secondary N) is 1. The molecule has 1 unspecified atom stereocenters. The molecule has 4 nitrogen and oxygen atoms in total. The molecule has 0 aromatic heterocycles.